The van der Waals surface area contributed by atoms with E-state index in [9.17, 15) is 4.79 Å². The molecule has 3 heterocycles. The van der Waals surface area contributed by atoms with E-state index in [4.69, 9.17) is 0 Å². The average molecular weight is 307 g/mol. The number of hydrogen-bond donors (Lipinski definition) is 3. The minimum Gasteiger partial charge on any atom is -0.373 e. The van der Waals surface area contributed by atoms with Crippen molar-refractivity contribution in [2.24, 2.45) is 5.92 Å². The summed E-state index contributed by atoms with van der Waals surface area (Å²) < 4.78 is 0. The Kier molecular flexibility index (Phi) is 3.22. The van der Waals surface area contributed by atoms with Crippen molar-refractivity contribution in [3.05, 3.63) is 36.5 Å². The summed E-state index contributed by atoms with van der Waals surface area (Å²) in [5.41, 5.74) is 2.61. The van der Waals surface area contributed by atoms with Gasteiger partial charge in [0.15, 0.2) is 0 Å². The Balaban J connectivity index is 1.68. The largest absolute Gasteiger partial charge is 0.373 e. The second-order valence-corrected chi connectivity index (χ2v) is 5.72. The third kappa shape index (κ3) is 2.63. The first-order chi connectivity index (χ1) is 11.2. The molecular weight excluding hydrogens is 290 g/mol. The zero-order valence-corrected chi connectivity index (χ0v) is 12.8. The van der Waals surface area contributed by atoms with E-state index in [0.717, 1.165) is 41.0 Å². The summed E-state index contributed by atoms with van der Waals surface area (Å²) in [7, 11) is 1.84. The van der Waals surface area contributed by atoms with E-state index < -0.39 is 0 Å². The molecule has 0 spiro atoms. The molecule has 1 fully saturated rings. The molecule has 1 amide bonds. The fourth-order valence-electron chi connectivity index (χ4n) is 2.58. The quantitative estimate of drug-likeness (QED) is 0.692. The number of carbonyl (C=O) groups excluding carboxylic acids is 1. The Morgan fingerprint density at radius 2 is 2.04 bits per heavy atom. The van der Waals surface area contributed by atoms with E-state index in [1.54, 1.807) is 0 Å². The summed E-state index contributed by atoms with van der Waals surface area (Å²) in [6, 6.07) is 9.64. The molecule has 0 radical (unpaired) electrons. The Hall–Kier alpha value is -2.89. The van der Waals surface area contributed by atoms with Crippen molar-refractivity contribution in [1.29, 1.82) is 0 Å². The van der Waals surface area contributed by atoms with Gasteiger partial charge in [0, 0.05) is 30.1 Å². The minimum atomic E-state index is 0.0621. The molecule has 1 aliphatic carbocycles. The number of pyridine rings is 2. The van der Waals surface area contributed by atoms with Gasteiger partial charge in [0.1, 0.15) is 17.3 Å². The summed E-state index contributed by atoms with van der Waals surface area (Å²) in [4.78, 5) is 24.0. The first-order valence-electron chi connectivity index (χ1n) is 7.69. The summed E-state index contributed by atoms with van der Waals surface area (Å²) in [6.07, 6.45) is 3.86. The predicted octanol–water partition coefficient (Wildman–Crippen LogP) is 3.02. The van der Waals surface area contributed by atoms with Gasteiger partial charge >= 0.3 is 0 Å². The van der Waals surface area contributed by atoms with Crippen LogP contribution in [-0.4, -0.2) is 27.9 Å². The maximum absolute atomic E-state index is 11.8. The van der Waals surface area contributed by atoms with Gasteiger partial charge in [-0.2, -0.15) is 0 Å². The number of nitrogens with one attached hydrogen (secondary N) is 3. The summed E-state index contributed by atoms with van der Waals surface area (Å²) in [6.45, 7) is 0. The second-order valence-electron chi connectivity index (χ2n) is 5.72. The average Bonchev–Trinajstić information content (AvgIpc) is 3.35. The molecule has 1 saturated carbocycles. The number of nitrogens with zero attached hydrogens (tertiary/aromatic N) is 2. The first kappa shape index (κ1) is 13.8. The van der Waals surface area contributed by atoms with E-state index >= 15 is 0 Å². The Bertz CT molecular complexity index is 882. The van der Waals surface area contributed by atoms with Crippen molar-refractivity contribution < 1.29 is 4.79 Å². The van der Waals surface area contributed by atoms with Crippen LogP contribution in [0, 0.1) is 5.92 Å². The van der Waals surface area contributed by atoms with Crippen LogP contribution < -0.4 is 10.6 Å². The fourth-order valence-corrected chi connectivity index (χ4v) is 2.58. The molecule has 3 N–H and O–H groups in total. The van der Waals surface area contributed by atoms with Gasteiger partial charge < -0.3 is 15.6 Å². The Morgan fingerprint density at radius 3 is 2.83 bits per heavy atom. The van der Waals surface area contributed by atoms with Gasteiger partial charge in [-0.1, -0.05) is 6.07 Å². The molecule has 1 aliphatic rings. The molecule has 116 valence electrons. The number of hydrogen-bond acceptors (Lipinski definition) is 4. The molecule has 6 heteroatoms. The molecule has 3 aromatic heterocycles. The maximum Gasteiger partial charge on any atom is 0.228 e. The van der Waals surface area contributed by atoms with Crippen molar-refractivity contribution >= 4 is 28.6 Å². The lowest BCUT2D eigenvalue weighted by molar-refractivity contribution is -0.117. The standard InChI is InChI=1S/C17H17N5O/c1-18-14-4-2-3-13(20-14)12-9-19-16-11(12)7-8-15(21-16)22-17(23)10-5-6-10/h2-4,7-10H,5-6H2,1H3,(H,18,20)(H2,19,21,22,23). The second kappa shape index (κ2) is 5.39. The number of rotatable bonds is 4. The molecule has 3 aromatic rings. The normalized spacial score (nSPS) is 14.0. The molecule has 6 nitrogen and oxygen atoms in total. The Labute approximate surface area is 133 Å². The maximum atomic E-state index is 11.8. The van der Waals surface area contributed by atoms with Crippen LogP contribution in [0.2, 0.25) is 0 Å². The van der Waals surface area contributed by atoms with Crippen molar-refractivity contribution in [3.8, 4) is 11.3 Å². The van der Waals surface area contributed by atoms with E-state index in [1.165, 1.54) is 0 Å². The van der Waals surface area contributed by atoms with Gasteiger partial charge in [0.2, 0.25) is 5.91 Å². The highest BCUT2D eigenvalue weighted by Gasteiger charge is 2.29. The molecule has 4 rings (SSSR count). The summed E-state index contributed by atoms with van der Waals surface area (Å²) >= 11 is 0. The van der Waals surface area contributed by atoms with E-state index in [2.05, 4.69) is 25.6 Å². The smallest absolute Gasteiger partial charge is 0.228 e. The van der Waals surface area contributed by atoms with Gasteiger partial charge in [-0.25, -0.2) is 9.97 Å². The molecule has 0 saturated heterocycles. The SMILES string of the molecule is CNc1cccc(-c2c[nH]c3nc(NC(=O)C4CC4)ccc23)n1. The molecular formula is C17H17N5O. The zero-order valence-electron chi connectivity index (χ0n) is 12.8. The van der Waals surface area contributed by atoms with Crippen LogP contribution in [0.5, 0.6) is 0 Å². The van der Waals surface area contributed by atoms with Crippen molar-refractivity contribution in [2.75, 3.05) is 17.7 Å². The third-order valence-electron chi connectivity index (χ3n) is 4.02. The lowest BCUT2D eigenvalue weighted by Crippen LogP contribution is -2.14. The fraction of sp³-hybridized carbons (Fsp3) is 0.235. The van der Waals surface area contributed by atoms with Gasteiger partial charge in [0.05, 0.1) is 5.69 Å². The van der Waals surface area contributed by atoms with Crippen LogP contribution >= 0.6 is 0 Å². The first-order valence-corrected chi connectivity index (χ1v) is 7.69. The van der Waals surface area contributed by atoms with E-state index in [-0.39, 0.29) is 11.8 Å². The monoisotopic (exact) mass is 307 g/mol. The number of H-pyrrole nitrogens is 1. The van der Waals surface area contributed by atoms with E-state index in [0.29, 0.717) is 5.82 Å². The van der Waals surface area contributed by atoms with Crippen LogP contribution in [0.4, 0.5) is 11.6 Å². The van der Waals surface area contributed by atoms with Crippen molar-refractivity contribution in [1.82, 2.24) is 15.0 Å². The summed E-state index contributed by atoms with van der Waals surface area (Å²) in [5.74, 6) is 1.63. The number of amides is 1. The van der Waals surface area contributed by atoms with Crippen LogP contribution in [0.1, 0.15) is 12.8 Å². The van der Waals surface area contributed by atoms with Crippen LogP contribution in [0.3, 0.4) is 0 Å². The molecule has 0 unspecified atom stereocenters. The predicted molar refractivity (Wildman–Crippen MR) is 90.2 cm³/mol. The molecule has 0 atom stereocenters. The van der Waals surface area contributed by atoms with Crippen LogP contribution in [-0.2, 0) is 4.79 Å². The molecule has 0 aliphatic heterocycles. The van der Waals surface area contributed by atoms with Gasteiger partial charge in [-0.15, -0.1) is 0 Å². The highest BCUT2D eigenvalue weighted by molar-refractivity contribution is 5.97. The summed E-state index contributed by atoms with van der Waals surface area (Å²) in [5, 5.41) is 6.89. The number of aromatic nitrogens is 3. The van der Waals surface area contributed by atoms with Crippen molar-refractivity contribution in [3.63, 3.8) is 0 Å². The van der Waals surface area contributed by atoms with Crippen LogP contribution in [0.25, 0.3) is 22.3 Å². The highest BCUT2D eigenvalue weighted by atomic mass is 16.2. The molecule has 0 bridgehead atoms. The number of anilines is 2. The lowest BCUT2D eigenvalue weighted by Gasteiger charge is -2.04. The van der Waals surface area contributed by atoms with Crippen molar-refractivity contribution in [2.45, 2.75) is 12.8 Å². The van der Waals surface area contributed by atoms with Gasteiger partial charge in [-0.3, -0.25) is 4.79 Å². The number of fused-ring (bicyclic) bond motifs is 1. The molecule has 0 aromatic carbocycles. The van der Waals surface area contributed by atoms with Crippen LogP contribution in [0.15, 0.2) is 36.5 Å². The molecule has 23 heavy (non-hydrogen) atoms. The Morgan fingerprint density at radius 1 is 1.17 bits per heavy atom. The number of aromatic amines is 1. The number of carbonyl (C=O) groups is 1. The highest BCUT2D eigenvalue weighted by Crippen LogP contribution is 2.31. The van der Waals surface area contributed by atoms with Gasteiger partial charge in [0.25, 0.3) is 0 Å². The topological polar surface area (TPSA) is 82.7 Å². The lowest BCUT2D eigenvalue weighted by atomic mass is 10.1. The van der Waals surface area contributed by atoms with E-state index in [1.807, 2.05) is 43.6 Å². The van der Waals surface area contributed by atoms with Gasteiger partial charge in [-0.05, 0) is 37.1 Å². The minimum absolute atomic E-state index is 0.0621. The third-order valence-corrected chi connectivity index (χ3v) is 4.02. The zero-order chi connectivity index (χ0) is 15.8.